The monoisotopic (exact) mass is 307 g/mol. The van der Waals surface area contributed by atoms with Gasteiger partial charge in [0.2, 0.25) is 0 Å². The lowest BCUT2D eigenvalue weighted by Gasteiger charge is -2.22. The van der Waals surface area contributed by atoms with Crippen molar-refractivity contribution in [3.63, 3.8) is 0 Å². The van der Waals surface area contributed by atoms with E-state index in [4.69, 9.17) is 9.84 Å². The zero-order valence-electron chi connectivity index (χ0n) is 14.2. The van der Waals surface area contributed by atoms with Gasteiger partial charge in [-0.15, -0.1) is 0 Å². The molecule has 0 aliphatic carbocycles. The van der Waals surface area contributed by atoms with Crippen molar-refractivity contribution in [3.8, 4) is 5.75 Å². The van der Waals surface area contributed by atoms with E-state index in [0.717, 1.165) is 24.8 Å². The van der Waals surface area contributed by atoms with Crippen LogP contribution >= 0.6 is 0 Å². The normalized spacial score (nSPS) is 12.9. The third-order valence-electron chi connectivity index (χ3n) is 3.28. The number of likely N-dealkylation sites (N-methyl/N-ethyl adjacent to an activating group) is 1. The largest absolute Gasteiger partial charge is 0.492 e. The van der Waals surface area contributed by atoms with E-state index < -0.39 is 0 Å². The minimum atomic E-state index is 0.156. The minimum absolute atomic E-state index is 0.156. The van der Waals surface area contributed by atoms with Crippen molar-refractivity contribution < 1.29 is 9.84 Å². The van der Waals surface area contributed by atoms with Crippen molar-refractivity contribution in [2.45, 2.75) is 20.8 Å². The summed E-state index contributed by atoms with van der Waals surface area (Å²) in [6.07, 6.45) is 0. The van der Waals surface area contributed by atoms with Crippen molar-refractivity contribution in [1.82, 2.24) is 10.2 Å². The lowest BCUT2D eigenvalue weighted by molar-refractivity contribution is 0.241. The predicted molar refractivity (Wildman–Crippen MR) is 91.5 cm³/mol. The molecule has 0 radical (unpaired) electrons. The van der Waals surface area contributed by atoms with E-state index in [1.165, 1.54) is 5.56 Å². The van der Waals surface area contributed by atoms with Gasteiger partial charge in [-0.05, 0) is 31.9 Å². The van der Waals surface area contributed by atoms with E-state index in [1.807, 2.05) is 50.1 Å². The molecule has 1 unspecified atom stereocenters. The summed E-state index contributed by atoms with van der Waals surface area (Å²) in [5.74, 6) is 1.90. The Morgan fingerprint density at radius 1 is 1.36 bits per heavy atom. The molecule has 0 aliphatic heterocycles. The maximum absolute atomic E-state index is 9.08. The smallest absolute Gasteiger partial charge is 0.193 e. The molecule has 0 aliphatic rings. The molecular weight excluding hydrogens is 278 g/mol. The summed E-state index contributed by atoms with van der Waals surface area (Å²) in [7, 11) is 1.99. The number of nitrogens with one attached hydrogen (secondary N) is 1. The highest BCUT2D eigenvalue weighted by Gasteiger charge is 2.07. The lowest BCUT2D eigenvalue weighted by atomic mass is 10.2. The summed E-state index contributed by atoms with van der Waals surface area (Å²) in [4.78, 5) is 6.58. The van der Waals surface area contributed by atoms with Crippen LogP contribution < -0.4 is 10.1 Å². The summed E-state index contributed by atoms with van der Waals surface area (Å²) in [5, 5.41) is 12.3. The highest BCUT2D eigenvalue weighted by molar-refractivity contribution is 5.79. The Labute approximate surface area is 134 Å². The van der Waals surface area contributed by atoms with Crippen molar-refractivity contribution in [2.24, 2.45) is 10.9 Å². The standard InChI is InChI=1S/C17H29N3O2/c1-5-18-17(19-12-15(3)13-21)20(4)10-11-22-16-8-6-14(2)7-9-16/h6-9,15,21H,5,10-13H2,1-4H3,(H,18,19). The zero-order chi connectivity index (χ0) is 16.4. The van der Waals surface area contributed by atoms with Crippen LogP contribution in [0, 0.1) is 12.8 Å². The van der Waals surface area contributed by atoms with Crippen LogP contribution in [-0.4, -0.2) is 55.9 Å². The first-order chi connectivity index (χ1) is 10.6. The second-order valence-electron chi connectivity index (χ2n) is 5.57. The third kappa shape index (κ3) is 6.80. The number of aliphatic hydroxyl groups excluding tert-OH is 1. The number of aryl methyl sites for hydroxylation is 1. The van der Waals surface area contributed by atoms with Gasteiger partial charge < -0.3 is 20.1 Å². The van der Waals surface area contributed by atoms with Crippen LogP contribution in [0.3, 0.4) is 0 Å². The molecule has 1 rings (SSSR count). The van der Waals surface area contributed by atoms with Crippen molar-refractivity contribution in [2.75, 3.05) is 39.9 Å². The molecule has 0 amide bonds. The number of nitrogens with zero attached hydrogens (tertiary/aromatic N) is 2. The number of benzene rings is 1. The molecule has 5 nitrogen and oxygen atoms in total. The fraction of sp³-hybridized carbons (Fsp3) is 0.588. The zero-order valence-corrected chi connectivity index (χ0v) is 14.2. The Bertz CT molecular complexity index is 446. The van der Waals surface area contributed by atoms with Gasteiger partial charge in [-0.3, -0.25) is 4.99 Å². The van der Waals surface area contributed by atoms with E-state index in [9.17, 15) is 0 Å². The van der Waals surface area contributed by atoms with E-state index in [2.05, 4.69) is 17.2 Å². The predicted octanol–water partition coefficient (Wildman–Crippen LogP) is 1.90. The second kappa shape index (κ2) is 10.1. The van der Waals surface area contributed by atoms with E-state index in [1.54, 1.807) is 0 Å². The summed E-state index contributed by atoms with van der Waals surface area (Å²) >= 11 is 0. The molecule has 22 heavy (non-hydrogen) atoms. The van der Waals surface area contributed by atoms with Gasteiger partial charge in [-0.2, -0.15) is 0 Å². The van der Waals surface area contributed by atoms with Gasteiger partial charge in [0.15, 0.2) is 5.96 Å². The number of guanidine groups is 1. The van der Waals surface area contributed by atoms with Gasteiger partial charge >= 0.3 is 0 Å². The Hall–Kier alpha value is -1.75. The molecule has 2 N–H and O–H groups in total. The number of hydrogen-bond donors (Lipinski definition) is 2. The van der Waals surface area contributed by atoms with Gasteiger partial charge in [0.1, 0.15) is 12.4 Å². The molecule has 1 atom stereocenters. The van der Waals surface area contributed by atoms with Gasteiger partial charge in [0.05, 0.1) is 6.54 Å². The fourth-order valence-corrected chi connectivity index (χ4v) is 1.81. The molecule has 0 heterocycles. The molecule has 1 aromatic carbocycles. The Balaban J connectivity index is 2.45. The average molecular weight is 307 g/mol. The van der Waals surface area contributed by atoms with Gasteiger partial charge in [-0.1, -0.05) is 24.6 Å². The maximum atomic E-state index is 9.08. The van der Waals surface area contributed by atoms with Crippen LogP contribution in [0.15, 0.2) is 29.3 Å². The summed E-state index contributed by atoms with van der Waals surface area (Å²) in [5.41, 5.74) is 1.23. The third-order valence-corrected chi connectivity index (χ3v) is 3.28. The van der Waals surface area contributed by atoms with Crippen LogP contribution in [0.1, 0.15) is 19.4 Å². The molecule has 0 bridgehead atoms. The molecule has 0 aromatic heterocycles. The number of aliphatic hydroxyl groups is 1. The van der Waals surface area contributed by atoms with Crippen molar-refractivity contribution in [1.29, 1.82) is 0 Å². The van der Waals surface area contributed by atoms with Crippen molar-refractivity contribution in [3.05, 3.63) is 29.8 Å². The topological polar surface area (TPSA) is 57.1 Å². The molecular formula is C17H29N3O2. The molecule has 0 spiro atoms. The summed E-state index contributed by atoms with van der Waals surface area (Å²) < 4.78 is 5.74. The van der Waals surface area contributed by atoms with Crippen LogP contribution in [0.2, 0.25) is 0 Å². The van der Waals surface area contributed by atoms with E-state index >= 15 is 0 Å². The number of rotatable bonds is 8. The highest BCUT2D eigenvalue weighted by Crippen LogP contribution is 2.11. The quantitative estimate of drug-likeness (QED) is 0.569. The molecule has 0 saturated carbocycles. The summed E-state index contributed by atoms with van der Waals surface area (Å²) in [6, 6.07) is 8.05. The first-order valence-electron chi connectivity index (χ1n) is 7.86. The van der Waals surface area contributed by atoms with Crippen LogP contribution in [-0.2, 0) is 0 Å². The Kier molecular flexibility index (Phi) is 8.36. The molecule has 124 valence electrons. The Morgan fingerprint density at radius 3 is 2.64 bits per heavy atom. The maximum Gasteiger partial charge on any atom is 0.193 e. The van der Waals surface area contributed by atoms with E-state index in [-0.39, 0.29) is 12.5 Å². The first kappa shape index (κ1) is 18.3. The first-order valence-corrected chi connectivity index (χ1v) is 7.86. The van der Waals surface area contributed by atoms with Gasteiger partial charge in [-0.25, -0.2) is 0 Å². The van der Waals surface area contributed by atoms with E-state index in [0.29, 0.717) is 13.2 Å². The minimum Gasteiger partial charge on any atom is -0.492 e. The second-order valence-corrected chi connectivity index (χ2v) is 5.57. The molecule has 5 heteroatoms. The molecule has 0 saturated heterocycles. The van der Waals surface area contributed by atoms with Crippen molar-refractivity contribution >= 4 is 5.96 Å². The van der Waals surface area contributed by atoms with Crippen LogP contribution in [0.4, 0.5) is 0 Å². The number of aliphatic imine (C=N–C) groups is 1. The average Bonchev–Trinajstić information content (AvgIpc) is 2.52. The summed E-state index contributed by atoms with van der Waals surface area (Å²) in [6.45, 7) is 9.01. The fourth-order valence-electron chi connectivity index (χ4n) is 1.81. The number of hydrogen-bond acceptors (Lipinski definition) is 3. The number of ether oxygens (including phenoxy) is 1. The Morgan fingerprint density at radius 2 is 2.05 bits per heavy atom. The highest BCUT2D eigenvalue weighted by atomic mass is 16.5. The SMILES string of the molecule is CCNC(=NCC(C)CO)N(C)CCOc1ccc(C)cc1. The molecule has 1 aromatic rings. The van der Waals surface area contributed by atoms with Gasteiger partial charge in [0.25, 0.3) is 0 Å². The van der Waals surface area contributed by atoms with Crippen LogP contribution in [0.25, 0.3) is 0 Å². The molecule has 0 fully saturated rings. The van der Waals surface area contributed by atoms with Gasteiger partial charge in [0, 0.05) is 26.7 Å². The van der Waals surface area contributed by atoms with Crippen LogP contribution in [0.5, 0.6) is 5.75 Å². The lowest BCUT2D eigenvalue weighted by Crippen LogP contribution is -2.41.